The molecule has 154 valence electrons. The van der Waals surface area contributed by atoms with E-state index in [4.69, 9.17) is 0 Å². The fourth-order valence-electron chi connectivity index (χ4n) is 3.59. The second kappa shape index (κ2) is 9.67. The maximum atomic E-state index is 12.7. The molecule has 0 aliphatic carbocycles. The first-order chi connectivity index (χ1) is 13.9. The number of benzene rings is 2. The summed E-state index contributed by atoms with van der Waals surface area (Å²) in [6.07, 6.45) is 0. The van der Waals surface area contributed by atoms with Gasteiger partial charge in [0.05, 0.1) is 6.04 Å². The zero-order valence-corrected chi connectivity index (χ0v) is 17.4. The Morgan fingerprint density at radius 2 is 1.52 bits per heavy atom. The summed E-state index contributed by atoms with van der Waals surface area (Å²) < 4.78 is 0. The van der Waals surface area contributed by atoms with Gasteiger partial charge in [-0.05, 0) is 49.2 Å². The van der Waals surface area contributed by atoms with Crippen LogP contribution in [0.25, 0.3) is 0 Å². The zero-order chi connectivity index (χ0) is 20.8. The number of carbonyl (C=O) groups is 2. The fourth-order valence-corrected chi connectivity index (χ4v) is 3.59. The summed E-state index contributed by atoms with van der Waals surface area (Å²) in [5.41, 5.74) is 4.14. The number of aryl methyl sites for hydroxylation is 1. The minimum atomic E-state index is -0.189. The molecule has 1 saturated heterocycles. The minimum Gasteiger partial charge on any atom is -0.326 e. The van der Waals surface area contributed by atoms with Gasteiger partial charge in [-0.2, -0.15) is 0 Å². The van der Waals surface area contributed by atoms with Crippen LogP contribution in [0.3, 0.4) is 0 Å². The van der Waals surface area contributed by atoms with E-state index in [1.807, 2.05) is 6.92 Å². The number of amides is 2. The van der Waals surface area contributed by atoms with Gasteiger partial charge in [0.15, 0.2) is 0 Å². The van der Waals surface area contributed by atoms with Gasteiger partial charge in [-0.25, -0.2) is 0 Å². The molecule has 3 rings (SSSR count). The minimum absolute atomic E-state index is 0.00960. The Bertz CT molecular complexity index is 842. The highest BCUT2D eigenvalue weighted by molar-refractivity contribution is 5.95. The lowest BCUT2D eigenvalue weighted by Gasteiger charge is -2.37. The van der Waals surface area contributed by atoms with Crippen molar-refractivity contribution in [2.75, 3.05) is 36.8 Å². The van der Waals surface area contributed by atoms with E-state index in [-0.39, 0.29) is 17.9 Å². The molecule has 6 nitrogen and oxygen atoms in total. The number of nitrogens with one attached hydrogen (secondary N) is 2. The van der Waals surface area contributed by atoms with Gasteiger partial charge in [-0.3, -0.25) is 19.4 Å². The first-order valence-electron chi connectivity index (χ1n) is 10.1. The van der Waals surface area contributed by atoms with Crippen LogP contribution in [0, 0.1) is 6.92 Å². The van der Waals surface area contributed by atoms with Gasteiger partial charge in [-0.15, -0.1) is 0 Å². The second-order valence-electron chi connectivity index (χ2n) is 7.66. The van der Waals surface area contributed by atoms with E-state index < -0.39 is 0 Å². The van der Waals surface area contributed by atoms with Crippen molar-refractivity contribution in [3.63, 3.8) is 0 Å². The molecule has 1 fully saturated rings. The van der Waals surface area contributed by atoms with Crippen LogP contribution >= 0.6 is 0 Å². The van der Waals surface area contributed by atoms with Gasteiger partial charge in [-0.1, -0.05) is 24.3 Å². The molecular weight excluding hydrogens is 364 g/mol. The summed E-state index contributed by atoms with van der Waals surface area (Å²) in [6.45, 7) is 10.2. The van der Waals surface area contributed by atoms with Gasteiger partial charge < -0.3 is 10.6 Å². The maximum Gasteiger partial charge on any atom is 0.241 e. The van der Waals surface area contributed by atoms with Crippen LogP contribution in [0.15, 0.2) is 48.5 Å². The number of anilines is 2. The standard InChI is InChI=1S/C23H30N4O2/c1-17-6-4-5-7-20(17)16-26-12-14-27(15-13-26)18(2)23(29)25-22-10-8-21(9-11-22)24-19(3)28/h4-11,18H,12-16H2,1-3H3,(H,24,28)(H,25,29). The highest BCUT2D eigenvalue weighted by atomic mass is 16.2. The van der Waals surface area contributed by atoms with Gasteiger partial charge >= 0.3 is 0 Å². The van der Waals surface area contributed by atoms with Crippen LogP contribution in [-0.4, -0.2) is 53.8 Å². The molecule has 29 heavy (non-hydrogen) atoms. The molecule has 1 unspecified atom stereocenters. The van der Waals surface area contributed by atoms with Crippen LogP contribution < -0.4 is 10.6 Å². The van der Waals surface area contributed by atoms with Gasteiger partial charge in [0.1, 0.15) is 0 Å². The second-order valence-corrected chi connectivity index (χ2v) is 7.66. The SMILES string of the molecule is CC(=O)Nc1ccc(NC(=O)C(C)N2CCN(Cc3ccccc3C)CC2)cc1. The van der Waals surface area contributed by atoms with Crippen molar-refractivity contribution < 1.29 is 9.59 Å². The molecule has 6 heteroatoms. The van der Waals surface area contributed by atoms with E-state index in [9.17, 15) is 9.59 Å². The predicted molar refractivity (Wildman–Crippen MR) is 117 cm³/mol. The fraction of sp³-hybridized carbons (Fsp3) is 0.391. The monoisotopic (exact) mass is 394 g/mol. The number of rotatable bonds is 6. The summed E-state index contributed by atoms with van der Waals surface area (Å²) >= 11 is 0. The quantitative estimate of drug-likeness (QED) is 0.790. The normalized spacial score (nSPS) is 16.2. The molecule has 2 aromatic carbocycles. The van der Waals surface area contributed by atoms with Crippen molar-refractivity contribution in [3.05, 3.63) is 59.7 Å². The molecule has 0 spiro atoms. The van der Waals surface area contributed by atoms with Gasteiger partial charge in [0, 0.05) is 51.0 Å². The topological polar surface area (TPSA) is 64.7 Å². The van der Waals surface area contributed by atoms with E-state index in [0.717, 1.165) is 38.4 Å². The molecule has 1 aliphatic heterocycles. The van der Waals surface area contributed by atoms with Crippen molar-refractivity contribution >= 4 is 23.2 Å². The third-order valence-corrected chi connectivity index (χ3v) is 5.46. The molecule has 1 aliphatic rings. The molecule has 1 heterocycles. The number of carbonyl (C=O) groups excluding carboxylic acids is 2. The van der Waals surface area contributed by atoms with E-state index in [1.54, 1.807) is 24.3 Å². The molecule has 2 amide bonds. The lowest BCUT2D eigenvalue weighted by atomic mass is 10.1. The smallest absolute Gasteiger partial charge is 0.241 e. The third kappa shape index (κ3) is 5.89. The third-order valence-electron chi connectivity index (χ3n) is 5.46. The van der Waals surface area contributed by atoms with Gasteiger partial charge in [0.25, 0.3) is 0 Å². The number of piperazine rings is 1. The average molecular weight is 395 g/mol. The molecule has 2 N–H and O–H groups in total. The molecule has 0 bridgehead atoms. The lowest BCUT2D eigenvalue weighted by molar-refractivity contribution is -0.121. The molecule has 2 aromatic rings. The molecule has 0 saturated carbocycles. The largest absolute Gasteiger partial charge is 0.326 e. The number of hydrogen-bond donors (Lipinski definition) is 2. The Balaban J connectivity index is 1.48. The molecule has 0 radical (unpaired) electrons. The number of hydrogen-bond acceptors (Lipinski definition) is 4. The zero-order valence-electron chi connectivity index (χ0n) is 17.4. The van der Waals surface area contributed by atoms with Gasteiger partial charge in [0.2, 0.25) is 11.8 Å². The lowest BCUT2D eigenvalue weighted by Crippen LogP contribution is -2.52. The first-order valence-corrected chi connectivity index (χ1v) is 10.1. The highest BCUT2D eigenvalue weighted by Gasteiger charge is 2.25. The Morgan fingerprint density at radius 3 is 2.10 bits per heavy atom. The summed E-state index contributed by atoms with van der Waals surface area (Å²) in [6, 6.07) is 15.5. The van der Waals surface area contributed by atoms with E-state index in [2.05, 4.69) is 51.6 Å². The van der Waals surface area contributed by atoms with Crippen molar-refractivity contribution in [3.8, 4) is 0 Å². The Labute approximate surface area is 172 Å². The average Bonchev–Trinajstić information content (AvgIpc) is 2.71. The predicted octanol–water partition coefficient (Wildman–Crippen LogP) is 3.10. The van der Waals surface area contributed by atoms with Crippen LogP contribution in [0.2, 0.25) is 0 Å². The molecular formula is C23H30N4O2. The number of nitrogens with zero attached hydrogens (tertiary/aromatic N) is 2. The summed E-state index contributed by atoms with van der Waals surface area (Å²) in [5.74, 6) is -0.124. The Morgan fingerprint density at radius 1 is 0.931 bits per heavy atom. The van der Waals surface area contributed by atoms with Crippen LogP contribution in [0.5, 0.6) is 0 Å². The summed E-state index contributed by atoms with van der Waals surface area (Å²) in [4.78, 5) is 28.4. The van der Waals surface area contributed by atoms with E-state index >= 15 is 0 Å². The van der Waals surface area contributed by atoms with E-state index in [0.29, 0.717) is 5.69 Å². The van der Waals surface area contributed by atoms with Crippen LogP contribution in [-0.2, 0) is 16.1 Å². The van der Waals surface area contributed by atoms with E-state index in [1.165, 1.54) is 18.1 Å². The van der Waals surface area contributed by atoms with Crippen LogP contribution in [0.1, 0.15) is 25.0 Å². The molecule has 1 atom stereocenters. The summed E-state index contributed by atoms with van der Waals surface area (Å²) in [7, 11) is 0. The molecule has 0 aromatic heterocycles. The highest BCUT2D eigenvalue weighted by Crippen LogP contribution is 2.16. The summed E-state index contributed by atoms with van der Waals surface area (Å²) in [5, 5.41) is 5.69. The van der Waals surface area contributed by atoms with Crippen molar-refractivity contribution in [2.45, 2.75) is 33.4 Å². The first kappa shape index (κ1) is 21.0. The van der Waals surface area contributed by atoms with Crippen molar-refractivity contribution in [1.29, 1.82) is 0 Å². The van der Waals surface area contributed by atoms with Crippen LogP contribution in [0.4, 0.5) is 11.4 Å². The van der Waals surface area contributed by atoms with Crippen molar-refractivity contribution in [2.24, 2.45) is 0 Å². The van der Waals surface area contributed by atoms with Crippen molar-refractivity contribution in [1.82, 2.24) is 9.80 Å². The maximum absolute atomic E-state index is 12.7. The Kier molecular flexibility index (Phi) is 7.01. The Hall–Kier alpha value is -2.70.